The first-order valence-corrected chi connectivity index (χ1v) is 7.09. The van der Waals surface area contributed by atoms with Gasteiger partial charge in [-0.3, -0.25) is 4.68 Å². The molecular formula is C14H27N3. The maximum Gasteiger partial charge on any atom is 0.0762 e. The van der Waals surface area contributed by atoms with E-state index in [0.29, 0.717) is 0 Å². The normalized spacial score (nSPS) is 10.9. The molecular weight excluding hydrogens is 210 g/mol. The lowest BCUT2D eigenvalue weighted by Gasteiger charge is -2.02. The summed E-state index contributed by atoms with van der Waals surface area (Å²) in [5, 5.41) is 7.93. The predicted octanol–water partition coefficient (Wildman–Crippen LogP) is 3.35. The van der Waals surface area contributed by atoms with Crippen molar-refractivity contribution in [2.45, 2.75) is 65.5 Å². The number of hydrogen-bond donors (Lipinski definition) is 1. The molecule has 1 heterocycles. The van der Waals surface area contributed by atoms with Crippen LogP contribution in [-0.4, -0.2) is 16.3 Å². The quantitative estimate of drug-likeness (QED) is 0.632. The average Bonchev–Trinajstić information content (AvgIpc) is 2.77. The summed E-state index contributed by atoms with van der Waals surface area (Å²) in [6, 6.07) is 2.12. The molecule has 0 amide bonds. The van der Waals surface area contributed by atoms with Crippen LogP contribution >= 0.6 is 0 Å². The van der Waals surface area contributed by atoms with Gasteiger partial charge in [-0.1, -0.05) is 39.5 Å². The smallest absolute Gasteiger partial charge is 0.0762 e. The lowest BCUT2D eigenvalue weighted by atomic mass is 10.1. The summed E-state index contributed by atoms with van der Waals surface area (Å²) in [4.78, 5) is 0. The molecule has 0 bridgehead atoms. The largest absolute Gasteiger partial charge is 0.311 e. The van der Waals surface area contributed by atoms with Gasteiger partial charge in [-0.25, -0.2) is 0 Å². The third-order valence-corrected chi connectivity index (χ3v) is 2.92. The molecule has 0 aromatic carbocycles. The van der Waals surface area contributed by atoms with Gasteiger partial charge in [0.25, 0.3) is 0 Å². The number of rotatable bonds is 10. The van der Waals surface area contributed by atoms with E-state index in [0.717, 1.165) is 25.3 Å². The van der Waals surface area contributed by atoms with E-state index < -0.39 is 0 Å². The van der Waals surface area contributed by atoms with Crippen LogP contribution in [0.5, 0.6) is 0 Å². The van der Waals surface area contributed by atoms with Gasteiger partial charge in [0.15, 0.2) is 0 Å². The number of aromatic nitrogens is 2. The molecule has 17 heavy (non-hydrogen) atoms. The number of aryl methyl sites for hydroxylation is 1. The van der Waals surface area contributed by atoms with Crippen molar-refractivity contribution in [2.75, 3.05) is 6.54 Å². The average molecular weight is 237 g/mol. The molecule has 0 atom stereocenters. The molecule has 0 saturated carbocycles. The Hall–Kier alpha value is -0.830. The topological polar surface area (TPSA) is 29.9 Å². The maximum absolute atomic E-state index is 4.55. The highest BCUT2D eigenvalue weighted by molar-refractivity contribution is 4.98. The highest BCUT2D eigenvalue weighted by atomic mass is 15.3. The highest BCUT2D eigenvalue weighted by Crippen LogP contribution is 2.04. The summed E-state index contributed by atoms with van der Waals surface area (Å²) in [5.74, 6) is 0. The van der Waals surface area contributed by atoms with Crippen molar-refractivity contribution in [1.82, 2.24) is 15.1 Å². The molecule has 0 fully saturated rings. The monoisotopic (exact) mass is 237 g/mol. The summed E-state index contributed by atoms with van der Waals surface area (Å²) in [5.41, 5.74) is 1.16. The van der Waals surface area contributed by atoms with Crippen LogP contribution in [0.1, 0.15) is 58.1 Å². The second kappa shape index (κ2) is 9.23. The van der Waals surface area contributed by atoms with Crippen LogP contribution < -0.4 is 5.32 Å². The predicted molar refractivity (Wildman–Crippen MR) is 73.0 cm³/mol. The van der Waals surface area contributed by atoms with Crippen molar-refractivity contribution in [1.29, 1.82) is 0 Å². The van der Waals surface area contributed by atoms with Gasteiger partial charge in [0.05, 0.1) is 5.69 Å². The fourth-order valence-corrected chi connectivity index (χ4v) is 1.89. The Morgan fingerprint density at radius 1 is 1.12 bits per heavy atom. The molecule has 0 radical (unpaired) electrons. The first kappa shape index (κ1) is 14.2. The second-order valence-electron chi connectivity index (χ2n) is 4.66. The fourth-order valence-electron chi connectivity index (χ4n) is 1.89. The molecule has 0 aliphatic rings. The molecule has 0 spiro atoms. The van der Waals surface area contributed by atoms with Crippen molar-refractivity contribution < 1.29 is 0 Å². The van der Waals surface area contributed by atoms with Crippen LogP contribution in [0.15, 0.2) is 12.3 Å². The lowest BCUT2D eigenvalue weighted by molar-refractivity contribution is 0.526. The molecule has 3 nitrogen and oxygen atoms in total. The van der Waals surface area contributed by atoms with E-state index in [-0.39, 0.29) is 0 Å². The van der Waals surface area contributed by atoms with Gasteiger partial charge in [0, 0.05) is 19.3 Å². The summed E-state index contributed by atoms with van der Waals surface area (Å²) in [6.07, 6.45) is 9.91. The number of nitrogens with one attached hydrogen (secondary N) is 1. The maximum atomic E-state index is 4.55. The van der Waals surface area contributed by atoms with E-state index in [2.05, 4.69) is 41.2 Å². The Kier molecular flexibility index (Phi) is 7.72. The third kappa shape index (κ3) is 6.47. The number of nitrogens with zero attached hydrogens (tertiary/aromatic N) is 2. The molecule has 1 N–H and O–H groups in total. The minimum Gasteiger partial charge on any atom is -0.311 e. The number of unbranched alkanes of at least 4 members (excludes halogenated alkanes) is 4. The summed E-state index contributed by atoms with van der Waals surface area (Å²) in [6.45, 7) is 7.48. The summed E-state index contributed by atoms with van der Waals surface area (Å²) < 4.78 is 2.08. The Bertz CT molecular complexity index is 281. The van der Waals surface area contributed by atoms with E-state index in [1.807, 2.05) is 0 Å². The molecule has 0 saturated heterocycles. The first-order valence-electron chi connectivity index (χ1n) is 7.09. The van der Waals surface area contributed by atoms with Crippen molar-refractivity contribution in [2.24, 2.45) is 0 Å². The summed E-state index contributed by atoms with van der Waals surface area (Å²) >= 11 is 0. The minimum atomic E-state index is 0.899. The molecule has 1 rings (SSSR count). The Labute approximate surface area is 106 Å². The van der Waals surface area contributed by atoms with E-state index >= 15 is 0 Å². The Morgan fingerprint density at radius 3 is 2.71 bits per heavy atom. The van der Waals surface area contributed by atoms with Gasteiger partial charge in [0.2, 0.25) is 0 Å². The molecule has 0 unspecified atom stereocenters. The Morgan fingerprint density at radius 2 is 1.94 bits per heavy atom. The molecule has 1 aromatic heterocycles. The van der Waals surface area contributed by atoms with Gasteiger partial charge in [0.1, 0.15) is 0 Å². The van der Waals surface area contributed by atoms with Crippen molar-refractivity contribution in [3.63, 3.8) is 0 Å². The fraction of sp³-hybridized carbons (Fsp3) is 0.786. The van der Waals surface area contributed by atoms with Crippen LogP contribution in [0.3, 0.4) is 0 Å². The van der Waals surface area contributed by atoms with Gasteiger partial charge >= 0.3 is 0 Å². The summed E-state index contributed by atoms with van der Waals surface area (Å²) in [7, 11) is 0. The van der Waals surface area contributed by atoms with Gasteiger partial charge < -0.3 is 5.32 Å². The van der Waals surface area contributed by atoms with E-state index in [1.165, 1.54) is 38.5 Å². The van der Waals surface area contributed by atoms with Gasteiger partial charge in [-0.15, -0.1) is 0 Å². The highest BCUT2D eigenvalue weighted by Gasteiger charge is 1.98. The zero-order valence-electron chi connectivity index (χ0n) is 11.4. The van der Waals surface area contributed by atoms with Crippen LogP contribution in [0.4, 0.5) is 0 Å². The zero-order valence-corrected chi connectivity index (χ0v) is 11.4. The second-order valence-corrected chi connectivity index (χ2v) is 4.66. The minimum absolute atomic E-state index is 0.899. The van der Waals surface area contributed by atoms with Crippen molar-refractivity contribution in [3.8, 4) is 0 Å². The van der Waals surface area contributed by atoms with Gasteiger partial charge in [-0.2, -0.15) is 5.10 Å². The lowest BCUT2D eigenvalue weighted by Crippen LogP contribution is -2.14. The first-order chi connectivity index (χ1) is 8.36. The van der Waals surface area contributed by atoms with Crippen molar-refractivity contribution >= 4 is 0 Å². The number of hydrogen-bond acceptors (Lipinski definition) is 2. The van der Waals surface area contributed by atoms with Crippen molar-refractivity contribution in [3.05, 3.63) is 18.0 Å². The SMILES string of the molecule is CCCCCCCn1ccc(CNCCC)n1. The van der Waals surface area contributed by atoms with Crippen LogP contribution in [-0.2, 0) is 13.1 Å². The molecule has 0 aliphatic carbocycles. The molecule has 98 valence electrons. The third-order valence-electron chi connectivity index (χ3n) is 2.92. The van der Waals surface area contributed by atoms with E-state index in [4.69, 9.17) is 0 Å². The van der Waals surface area contributed by atoms with E-state index in [9.17, 15) is 0 Å². The standard InChI is InChI=1S/C14H27N3/c1-3-5-6-7-8-11-17-12-9-14(16-17)13-15-10-4-2/h9,12,15H,3-8,10-11,13H2,1-2H3. The van der Waals surface area contributed by atoms with Crippen LogP contribution in [0.2, 0.25) is 0 Å². The van der Waals surface area contributed by atoms with E-state index in [1.54, 1.807) is 0 Å². The zero-order chi connectivity index (χ0) is 12.3. The molecule has 0 aliphatic heterocycles. The van der Waals surface area contributed by atoms with Gasteiger partial charge in [-0.05, 0) is 25.5 Å². The van der Waals surface area contributed by atoms with Crippen LogP contribution in [0.25, 0.3) is 0 Å². The molecule has 3 heteroatoms. The van der Waals surface area contributed by atoms with Crippen LogP contribution in [0, 0.1) is 0 Å². The Balaban J connectivity index is 2.12. The molecule has 1 aromatic rings.